The summed E-state index contributed by atoms with van der Waals surface area (Å²) < 4.78 is 7.08. The Morgan fingerprint density at radius 2 is 1.80 bits per heavy atom. The minimum absolute atomic E-state index is 0.239. The molecule has 0 aliphatic carbocycles. The number of aromatic hydroxyl groups is 1. The maximum Gasteiger partial charge on any atom is 0.124 e. The van der Waals surface area contributed by atoms with Crippen molar-refractivity contribution in [2.24, 2.45) is 0 Å². The second-order valence-electron chi connectivity index (χ2n) is 4.36. The molecule has 100 valence electrons. The molecule has 0 aliphatic heterocycles. The number of para-hydroxylation sites is 1. The van der Waals surface area contributed by atoms with Crippen LogP contribution in [-0.4, -0.2) is 21.8 Å². The van der Waals surface area contributed by atoms with Gasteiger partial charge in [-0.3, -0.25) is 4.57 Å². The Labute approximate surface area is 116 Å². The normalized spacial score (nSPS) is 10.4. The largest absolute Gasteiger partial charge is 0.507 e. The lowest BCUT2D eigenvalue weighted by Crippen LogP contribution is -1.95. The maximum atomic E-state index is 9.97. The fourth-order valence-corrected chi connectivity index (χ4v) is 2.13. The van der Waals surface area contributed by atoms with Crippen LogP contribution >= 0.6 is 0 Å². The van der Waals surface area contributed by atoms with Gasteiger partial charge in [0, 0.05) is 11.3 Å². The molecule has 1 aromatic heterocycles. The average molecular weight is 266 g/mol. The number of nitrogens with zero attached hydrogens (tertiary/aromatic N) is 2. The quantitative estimate of drug-likeness (QED) is 0.791. The highest BCUT2D eigenvalue weighted by molar-refractivity contribution is 5.68. The van der Waals surface area contributed by atoms with E-state index in [2.05, 4.69) is 4.98 Å². The highest BCUT2D eigenvalue weighted by Gasteiger charge is 2.10. The van der Waals surface area contributed by atoms with E-state index in [0.29, 0.717) is 0 Å². The molecule has 0 bridgehead atoms. The summed E-state index contributed by atoms with van der Waals surface area (Å²) in [7, 11) is 1.64. The van der Waals surface area contributed by atoms with Crippen LogP contribution in [0.5, 0.6) is 11.5 Å². The van der Waals surface area contributed by atoms with E-state index in [4.69, 9.17) is 4.74 Å². The van der Waals surface area contributed by atoms with Gasteiger partial charge >= 0.3 is 0 Å². The van der Waals surface area contributed by atoms with Crippen LogP contribution in [0.25, 0.3) is 16.9 Å². The number of imidazole rings is 1. The van der Waals surface area contributed by atoms with E-state index in [0.717, 1.165) is 22.7 Å². The number of aromatic nitrogens is 2. The number of methoxy groups -OCH3 is 1. The zero-order chi connectivity index (χ0) is 13.9. The number of phenolic OH excluding ortho intramolecular Hbond substituents is 1. The second-order valence-corrected chi connectivity index (χ2v) is 4.36. The molecule has 4 nitrogen and oxygen atoms in total. The first-order valence-corrected chi connectivity index (χ1v) is 6.25. The number of benzene rings is 2. The van der Waals surface area contributed by atoms with Crippen molar-refractivity contribution in [2.45, 2.75) is 0 Å². The number of hydrogen-bond acceptors (Lipinski definition) is 3. The molecule has 0 saturated heterocycles. The summed E-state index contributed by atoms with van der Waals surface area (Å²) >= 11 is 0. The summed E-state index contributed by atoms with van der Waals surface area (Å²) in [6.45, 7) is 0. The van der Waals surface area contributed by atoms with Crippen molar-refractivity contribution < 1.29 is 9.84 Å². The molecule has 1 N–H and O–H groups in total. The van der Waals surface area contributed by atoms with Gasteiger partial charge in [-0.05, 0) is 36.4 Å². The lowest BCUT2D eigenvalue weighted by molar-refractivity contribution is 0.414. The molecule has 0 aliphatic rings. The Morgan fingerprint density at radius 3 is 2.50 bits per heavy atom. The highest BCUT2D eigenvalue weighted by Crippen LogP contribution is 2.30. The highest BCUT2D eigenvalue weighted by atomic mass is 16.5. The Balaban J connectivity index is 2.08. The van der Waals surface area contributed by atoms with Gasteiger partial charge < -0.3 is 9.84 Å². The van der Waals surface area contributed by atoms with E-state index in [1.807, 2.05) is 41.0 Å². The third-order valence-corrected chi connectivity index (χ3v) is 3.17. The number of rotatable bonds is 3. The minimum Gasteiger partial charge on any atom is -0.507 e. The number of ether oxygens (including phenoxy) is 1. The van der Waals surface area contributed by atoms with Crippen LogP contribution in [0.4, 0.5) is 0 Å². The maximum absolute atomic E-state index is 9.97. The van der Waals surface area contributed by atoms with E-state index in [-0.39, 0.29) is 5.75 Å². The summed E-state index contributed by atoms with van der Waals surface area (Å²) in [5.41, 5.74) is 2.55. The van der Waals surface area contributed by atoms with Crippen LogP contribution in [0.3, 0.4) is 0 Å². The van der Waals surface area contributed by atoms with Gasteiger partial charge in [0.2, 0.25) is 0 Å². The average Bonchev–Trinajstić information content (AvgIpc) is 2.97. The number of phenols is 1. The predicted octanol–water partition coefficient (Wildman–Crippen LogP) is 3.25. The van der Waals surface area contributed by atoms with E-state index in [9.17, 15) is 5.11 Å². The molecule has 2 aromatic carbocycles. The second kappa shape index (κ2) is 5.09. The van der Waals surface area contributed by atoms with Gasteiger partial charge in [-0.25, -0.2) is 4.98 Å². The smallest absolute Gasteiger partial charge is 0.124 e. The van der Waals surface area contributed by atoms with Crippen LogP contribution in [0.15, 0.2) is 61.1 Å². The minimum atomic E-state index is 0.239. The van der Waals surface area contributed by atoms with Crippen molar-refractivity contribution >= 4 is 0 Å². The van der Waals surface area contributed by atoms with Crippen molar-refractivity contribution in [1.29, 1.82) is 0 Å². The van der Waals surface area contributed by atoms with Gasteiger partial charge in [-0.1, -0.05) is 12.1 Å². The lowest BCUT2D eigenvalue weighted by atomic mass is 10.1. The van der Waals surface area contributed by atoms with E-state index in [1.165, 1.54) is 0 Å². The van der Waals surface area contributed by atoms with Crippen LogP contribution in [0.1, 0.15) is 0 Å². The predicted molar refractivity (Wildman–Crippen MR) is 77.2 cm³/mol. The third kappa shape index (κ3) is 2.12. The molecule has 1 heterocycles. The van der Waals surface area contributed by atoms with Gasteiger partial charge in [-0.2, -0.15) is 0 Å². The van der Waals surface area contributed by atoms with Crippen molar-refractivity contribution in [1.82, 2.24) is 9.55 Å². The zero-order valence-corrected chi connectivity index (χ0v) is 11.0. The molecule has 0 amide bonds. The van der Waals surface area contributed by atoms with E-state index < -0.39 is 0 Å². The molecule has 0 radical (unpaired) electrons. The van der Waals surface area contributed by atoms with Gasteiger partial charge in [0.15, 0.2) is 0 Å². The van der Waals surface area contributed by atoms with Crippen molar-refractivity contribution in [3.63, 3.8) is 0 Å². The van der Waals surface area contributed by atoms with Crippen LogP contribution in [0, 0.1) is 0 Å². The molecular formula is C16H14N2O2. The summed E-state index contributed by atoms with van der Waals surface area (Å²) in [6.07, 6.45) is 3.46. The first-order chi connectivity index (χ1) is 9.79. The molecular weight excluding hydrogens is 252 g/mol. The first kappa shape index (κ1) is 12.3. The third-order valence-electron chi connectivity index (χ3n) is 3.17. The van der Waals surface area contributed by atoms with Crippen molar-refractivity contribution in [3.8, 4) is 28.4 Å². The number of hydrogen-bond donors (Lipinski definition) is 1. The first-order valence-electron chi connectivity index (χ1n) is 6.25. The van der Waals surface area contributed by atoms with Crippen LogP contribution in [0.2, 0.25) is 0 Å². The van der Waals surface area contributed by atoms with E-state index >= 15 is 0 Å². The topological polar surface area (TPSA) is 47.3 Å². The van der Waals surface area contributed by atoms with Crippen LogP contribution < -0.4 is 4.74 Å². The standard InChI is InChI=1S/C16H14N2O2/c1-20-13-8-6-12(7-9-13)18-11-17-10-15(18)14-4-2-3-5-16(14)19/h2-11,19H,1H3. The summed E-state index contributed by atoms with van der Waals surface area (Å²) in [6, 6.07) is 14.9. The fourth-order valence-electron chi connectivity index (χ4n) is 2.13. The van der Waals surface area contributed by atoms with Crippen molar-refractivity contribution in [3.05, 3.63) is 61.1 Å². The molecule has 0 fully saturated rings. The Hall–Kier alpha value is -2.75. The van der Waals surface area contributed by atoms with Gasteiger partial charge in [-0.15, -0.1) is 0 Å². The summed E-state index contributed by atoms with van der Waals surface area (Å²) in [4.78, 5) is 4.18. The molecule has 3 rings (SSSR count). The Bertz CT molecular complexity index is 717. The molecule has 3 aromatic rings. The van der Waals surface area contributed by atoms with Gasteiger partial charge in [0.1, 0.15) is 11.5 Å². The van der Waals surface area contributed by atoms with Gasteiger partial charge in [0.05, 0.1) is 25.3 Å². The fraction of sp³-hybridized carbons (Fsp3) is 0.0625. The lowest BCUT2D eigenvalue weighted by Gasteiger charge is -2.10. The van der Waals surface area contributed by atoms with Crippen molar-refractivity contribution in [2.75, 3.05) is 7.11 Å². The molecule has 4 heteroatoms. The van der Waals surface area contributed by atoms with Gasteiger partial charge in [0.25, 0.3) is 0 Å². The van der Waals surface area contributed by atoms with Crippen LogP contribution in [-0.2, 0) is 0 Å². The SMILES string of the molecule is COc1ccc(-n2cncc2-c2ccccc2O)cc1. The summed E-state index contributed by atoms with van der Waals surface area (Å²) in [5.74, 6) is 1.04. The zero-order valence-electron chi connectivity index (χ0n) is 11.0. The molecule has 0 unspecified atom stereocenters. The Morgan fingerprint density at radius 1 is 1.05 bits per heavy atom. The molecule has 0 spiro atoms. The van der Waals surface area contributed by atoms with E-state index in [1.54, 1.807) is 31.8 Å². The monoisotopic (exact) mass is 266 g/mol. The Kier molecular flexibility index (Phi) is 3.13. The molecule has 20 heavy (non-hydrogen) atoms. The molecule has 0 saturated carbocycles. The summed E-state index contributed by atoms with van der Waals surface area (Å²) in [5, 5.41) is 9.97. The molecule has 0 atom stereocenters.